The van der Waals surface area contributed by atoms with Crippen molar-refractivity contribution in [2.75, 3.05) is 7.11 Å². The summed E-state index contributed by atoms with van der Waals surface area (Å²) < 4.78 is 4.57. The van der Waals surface area contributed by atoms with Gasteiger partial charge in [0.2, 0.25) is 0 Å². The number of methoxy groups -OCH3 is 1. The van der Waals surface area contributed by atoms with Gasteiger partial charge in [0.15, 0.2) is 0 Å². The molecule has 74 valence electrons. The van der Waals surface area contributed by atoms with Crippen LogP contribution in [0.4, 0.5) is 0 Å². The first kappa shape index (κ1) is 11.9. The normalized spacial score (nSPS) is 11.1. The Hall–Kier alpha value is -1.05. The average molecular weight is 182 g/mol. The van der Waals surface area contributed by atoms with Crippen LogP contribution >= 0.6 is 0 Å². The zero-order chi connectivity index (χ0) is 10.1. The zero-order valence-electron chi connectivity index (χ0n) is 8.51. The van der Waals surface area contributed by atoms with Crippen molar-refractivity contribution < 1.29 is 9.53 Å². The van der Waals surface area contributed by atoms with Crippen LogP contribution in [-0.2, 0) is 9.53 Å². The van der Waals surface area contributed by atoms with E-state index in [2.05, 4.69) is 18.2 Å². The number of allylic oxidation sites excluding steroid dienone is 2. The molecule has 0 aliphatic carbocycles. The standard InChI is InChI=1S/C11H18O2/c1-4-6-8-10(7-5-2)9-11(12)13-3/h4,9H,1,5-8H2,2-3H3/b10-9+. The Morgan fingerprint density at radius 3 is 2.62 bits per heavy atom. The molecule has 0 amide bonds. The number of rotatable bonds is 6. The second kappa shape index (κ2) is 7.59. The fraction of sp³-hybridized carbons (Fsp3) is 0.545. The van der Waals surface area contributed by atoms with Crippen molar-refractivity contribution in [1.82, 2.24) is 0 Å². The Morgan fingerprint density at radius 2 is 2.15 bits per heavy atom. The first-order valence-corrected chi connectivity index (χ1v) is 4.62. The van der Waals surface area contributed by atoms with Gasteiger partial charge < -0.3 is 4.74 Å². The van der Waals surface area contributed by atoms with Crippen molar-refractivity contribution >= 4 is 5.97 Å². The Balaban J connectivity index is 4.12. The molecule has 0 aromatic carbocycles. The SMILES string of the molecule is C=CCC/C(=C/C(=O)OC)CCC. The molecule has 13 heavy (non-hydrogen) atoms. The minimum Gasteiger partial charge on any atom is -0.466 e. The summed E-state index contributed by atoms with van der Waals surface area (Å²) in [4.78, 5) is 10.9. The minimum atomic E-state index is -0.257. The molecule has 0 atom stereocenters. The molecule has 0 N–H and O–H groups in total. The maximum absolute atomic E-state index is 10.9. The van der Waals surface area contributed by atoms with Crippen molar-refractivity contribution in [1.29, 1.82) is 0 Å². The van der Waals surface area contributed by atoms with Crippen molar-refractivity contribution in [3.63, 3.8) is 0 Å². The molecular formula is C11H18O2. The summed E-state index contributed by atoms with van der Waals surface area (Å²) in [5.41, 5.74) is 1.15. The van der Waals surface area contributed by atoms with Crippen LogP contribution in [0, 0.1) is 0 Å². The highest BCUT2D eigenvalue weighted by Gasteiger charge is 1.99. The molecule has 0 unspecified atom stereocenters. The van der Waals surface area contributed by atoms with Gasteiger partial charge in [0.05, 0.1) is 7.11 Å². The van der Waals surface area contributed by atoms with Gasteiger partial charge >= 0.3 is 5.97 Å². The molecule has 2 nitrogen and oxygen atoms in total. The van der Waals surface area contributed by atoms with Crippen LogP contribution in [0.15, 0.2) is 24.3 Å². The van der Waals surface area contributed by atoms with Gasteiger partial charge in [-0.2, -0.15) is 0 Å². The fourth-order valence-electron chi connectivity index (χ4n) is 1.10. The lowest BCUT2D eigenvalue weighted by Crippen LogP contribution is -1.97. The first-order valence-electron chi connectivity index (χ1n) is 4.62. The largest absolute Gasteiger partial charge is 0.466 e. The lowest BCUT2D eigenvalue weighted by Gasteiger charge is -2.03. The van der Waals surface area contributed by atoms with E-state index >= 15 is 0 Å². The molecule has 0 radical (unpaired) electrons. The van der Waals surface area contributed by atoms with Gasteiger partial charge in [-0.3, -0.25) is 0 Å². The molecule has 0 rings (SSSR count). The lowest BCUT2D eigenvalue weighted by atomic mass is 10.1. The maximum atomic E-state index is 10.9. The van der Waals surface area contributed by atoms with Crippen LogP contribution in [0.3, 0.4) is 0 Å². The average Bonchev–Trinajstić information content (AvgIpc) is 2.14. The van der Waals surface area contributed by atoms with E-state index in [1.165, 1.54) is 7.11 Å². The van der Waals surface area contributed by atoms with E-state index in [0.717, 1.165) is 31.3 Å². The number of ether oxygens (including phenoxy) is 1. The third kappa shape index (κ3) is 6.14. The van der Waals surface area contributed by atoms with Crippen LogP contribution in [0.25, 0.3) is 0 Å². The molecule has 0 spiro atoms. The van der Waals surface area contributed by atoms with Crippen LogP contribution in [0.1, 0.15) is 32.6 Å². The van der Waals surface area contributed by atoms with Gasteiger partial charge in [-0.05, 0) is 19.3 Å². The number of esters is 1. The summed E-state index contributed by atoms with van der Waals surface area (Å²) in [6, 6.07) is 0. The van der Waals surface area contributed by atoms with Gasteiger partial charge in [-0.25, -0.2) is 4.79 Å². The van der Waals surface area contributed by atoms with Gasteiger partial charge in [0.25, 0.3) is 0 Å². The fourth-order valence-corrected chi connectivity index (χ4v) is 1.10. The highest BCUT2D eigenvalue weighted by molar-refractivity contribution is 5.82. The van der Waals surface area contributed by atoms with E-state index in [4.69, 9.17) is 0 Å². The Kier molecular flexibility index (Phi) is 6.98. The molecule has 0 aromatic rings. The number of hydrogen-bond acceptors (Lipinski definition) is 2. The van der Waals surface area contributed by atoms with E-state index in [9.17, 15) is 4.79 Å². The molecule has 0 heterocycles. The number of carbonyl (C=O) groups is 1. The van der Waals surface area contributed by atoms with Gasteiger partial charge in [-0.15, -0.1) is 6.58 Å². The summed E-state index contributed by atoms with van der Waals surface area (Å²) >= 11 is 0. The van der Waals surface area contributed by atoms with Crippen LogP contribution in [-0.4, -0.2) is 13.1 Å². The molecule has 0 aliphatic heterocycles. The predicted molar refractivity (Wildman–Crippen MR) is 54.4 cm³/mol. The topological polar surface area (TPSA) is 26.3 Å². The summed E-state index contributed by atoms with van der Waals surface area (Å²) in [5, 5.41) is 0. The summed E-state index contributed by atoms with van der Waals surface area (Å²) in [7, 11) is 1.40. The summed E-state index contributed by atoms with van der Waals surface area (Å²) in [6.07, 6.45) is 7.30. The van der Waals surface area contributed by atoms with E-state index < -0.39 is 0 Å². The van der Waals surface area contributed by atoms with Crippen molar-refractivity contribution in [2.24, 2.45) is 0 Å². The van der Waals surface area contributed by atoms with Gasteiger partial charge in [-0.1, -0.05) is 25.0 Å². The minimum absolute atomic E-state index is 0.257. The van der Waals surface area contributed by atoms with Crippen LogP contribution < -0.4 is 0 Å². The highest BCUT2D eigenvalue weighted by atomic mass is 16.5. The van der Waals surface area contributed by atoms with Gasteiger partial charge in [0.1, 0.15) is 0 Å². The molecular weight excluding hydrogens is 164 g/mol. The molecule has 2 heteroatoms. The van der Waals surface area contributed by atoms with Crippen molar-refractivity contribution in [3.8, 4) is 0 Å². The molecule has 0 saturated carbocycles. The predicted octanol–water partition coefficient (Wildman–Crippen LogP) is 2.85. The quantitative estimate of drug-likeness (QED) is 0.358. The Morgan fingerprint density at radius 1 is 1.46 bits per heavy atom. The van der Waals surface area contributed by atoms with E-state index in [0.29, 0.717) is 0 Å². The molecule has 0 aliphatic rings. The van der Waals surface area contributed by atoms with E-state index in [1.54, 1.807) is 6.08 Å². The van der Waals surface area contributed by atoms with Crippen LogP contribution in [0.2, 0.25) is 0 Å². The number of carbonyl (C=O) groups excluding carboxylic acids is 1. The van der Waals surface area contributed by atoms with E-state index in [-0.39, 0.29) is 5.97 Å². The highest BCUT2D eigenvalue weighted by Crippen LogP contribution is 2.12. The maximum Gasteiger partial charge on any atom is 0.330 e. The monoisotopic (exact) mass is 182 g/mol. The smallest absolute Gasteiger partial charge is 0.330 e. The van der Waals surface area contributed by atoms with Gasteiger partial charge in [0, 0.05) is 6.08 Å². The second-order valence-corrected chi connectivity index (χ2v) is 2.90. The molecule has 0 aromatic heterocycles. The molecule has 0 bridgehead atoms. The van der Waals surface area contributed by atoms with Crippen LogP contribution in [0.5, 0.6) is 0 Å². The van der Waals surface area contributed by atoms with Crippen molar-refractivity contribution in [2.45, 2.75) is 32.6 Å². The summed E-state index contributed by atoms with van der Waals surface area (Å²) in [6.45, 7) is 5.74. The summed E-state index contributed by atoms with van der Waals surface area (Å²) in [5.74, 6) is -0.257. The Labute approximate surface area is 80.3 Å². The third-order valence-electron chi connectivity index (χ3n) is 1.76. The zero-order valence-corrected chi connectivity index (χ0v) is 8.51. The lowest BCUT2D eigenvalue weighted by molar-refractivity contribution is -0.134. The molecule has 0 fully saturated rings. The second-order valence-electron chi connectivity index (χ2n) is 2.90. The first-order chi connectivity index (χ1) is 6.24. The third-order valence-corrected chi connectivity index (χ3v) is 1.76. The number of hydrogen-bond donors (Lipinski definition) is 0. The molecule has 0 saturated heterocycles. The van der Waals surface area contributed by atoms with Crippen molar-refractivity contribution in [3.05, 3.63) is 24.3 Å². The Bertz CT molecular complexity index is 192. The van der Waals surface area contributed by atoms with E-state index in [1.807, 2.05) is 6.08 Å².